The van der Waals surface area contributed by atoms with Crippen molar-refractivity contribution in [3.8, 4) is 0 Å². The highest BCUT2D eigenvalue weighted by Gasteiger charge is 2.22. The Morgan fingerprint density at radius 2 is 2.06 bits per heavy atom. The molecule has 7 heteroatoms. The Labute approximate surface area is 95.4 Å². The second-order valence-corrected chi connectivity index (χ2v) is 3.30. The van der Waals surface area contributed by atoms with E-state index in [1.807, 2.05) is 0 Å². The predicted octanol–water partition coefficient (Wildman–Crippen LogP) is 1.13. The van der Waals surface area contributed by atoms with Gasteiger partial charge in [-0.3, -0.25) is 20.0 Å². The van der Waals surface area contributed by atoms with Crippen molar-refractivity contribution < 1.29 is 9.72 Å². The summed E-state index contributed by atoms with van der Waals surface area (Å²) < 4.78 is 0. The minimum absolute atomic E-state index is 0.00870. The van der Waals surface area contributed by atoms with Gasteiger partial charge in [-0.25, -0.2) is 0 Å². The fourth-order valence-corrected chi connectivity index (χ4v) is 1.45. The van der Waals surface area contributed by atoms with Crippen LogP contribution >= 0.6 is 0 Å². The largest absolute Gasteiger partial charge is 0.383 e. The molecule has 0 aliphatic carbocycles. The molecule has 0 unspecified atom stereocenters. The molecule has 17 heavy (non-hydrogen) atoms. The number of aromatic nitrogens is 2. The summed E-state index contributed by atoms with van der Waals surface area (Å²) in [5, 5.41) is 16.8. The average molecular weight is 232 g/mol. The number of nitrogen functional groups attached to an aromatic ring is 1. The number of aromatic amines is 1. The van der Waals surface area contributed by atoms with Gasteiger partial charge >= 0.3 is 0 Å². The number of carbonyl (C=O) groups excluding carboxylic acids is 1. The molecule has 0 saturated heterocycles. The van der Waals surface area contributed by atoms with Crippen LogP contribution in [-0.4, -0.2) is 20.9 Å². The summed E-state index contributed by atoms with van der Waals surface area (Å²) in [5.74, 6) is -0.434. The van der Waals surface area contributed by atoms with Crippen molar-refractivity contribution in [3.05, 3.63) is 51.7 Å². The molecular formula is C10H8N4O3. The Kier molecular flexibility index (Phi) is 2.57. The van der Waals surface area contributed by atoms with E-state index in [0.717, 1.165) is 0 Å². The van der Waals surface area contributed by atoms with Crippen molar-refractivity contribution in [2.75, 3.05) is 5.73 Å². The van der Waals surface area contributed by atoms with Crippen LogP contribution in [0, 0.1) is 10.1 Å². The highest BCUT2D eigenvalue weighted by atomic mass is 16.6. The van der Waals surface area contributed by atoms with Crippen LogP contribution < -0.4 is 5.73 Å². The van der Waals surface area contributed by atoms with Gasteiger partial charge < -0.3 is 5.73 Å². The van der Waals surface area contributed by atoms with Gasteiger partial charge in [-0.2, -0.15) is 5.10 Å². The molecule has 1 aromatic heterocycles. The second kappa shape index (κ2) is 4.05. The van der Waals surface area contributed by atoms with E-state index in [4.69, 9.17) is 5.73 Å². The van der Waals surface area contributed by atoms with Gasteiger partial charge in [0, 0.05) is 6.07 Å². The number of nitro benzene ring substituents is 1. The van der Waals surface area contributed by atoms with Crippen molar-refractivity contribution in [1.82, 2.24) is 10.2 Å². The fourth-order valence-electron chi connectivity index (χ4n) is 1.45. The summed E-state index contributed by atoms with van der Waals surface area (Å²) >= 11 is 0. The van der Waals surface area contributed by atoms with Crippen molar-refractivity contribution in [3.63, 3.8) is 0 Å². The summed E-state index contributed by atoms with van der Waals surface area (Å²) in [5.41, 5.74) is 5.36. The molecule has 0 amide bonds. The van der Waals surface area contributed by atoms with Gasteiger partial charge in [0.2, 0.25) is 5.78 Å². The molecule has 2 rings (SSSR count). The van der Waals surface area contributed by atoms with Gasteiger partial charge in [0.05, 0.1) is 16.7 Å². The Bertz CT molecular complexity index is 591. The Morgan fingerprint density at radius 3 is 2.65 bits per heavy atom. The number of ketones is 1. The molecule has 1 aromatic carbocycles. The van der Waals surface area contributed by atoms with E-state index in [0.29, 0.717) is 0 Å². The van der Waals surface area contributed by atoms with Gasteiger partial charge in [0.25, 0.3) is 5.69 Å². The molecule has 3 N–H and O–H groups in total. The molecule has 0 atom stereocenters. The minimum atomic E-state index is -0.608. The number of H-pyrrole nitrogens is 1. The molecular weight excluding hydrogens is 224 g/mol. The number of carbonyl (C=O) groups is 1. The zero-order valence-corrected chi connectivity index (χ0v) is 8.58. The first-order valence-electron chi connectivity index (χ1n) is 4.68. The van der Waals surface area contributed by atoms with E-state index >= 15 is 0 Å². The van der Waals surface area contributed by atoms with E-state index in [1.165, 1.54) is 24.4 Å². The molecule has 2 aromatic rings. The summed E-state index contributed by atoms with van der Waals surface area (Å²) in [4.78, 5) is 22.2. The van der Waals surface area contributed by atoms with Crippen LogP contribution in [0.3, 0.4) is 0 Å². The molecule has 0 fully saturated rings. The van der Waals surface area contributed by atoms with Crippen LogP contribution in [0.4, 0.5) is 11.5 Å². The van der Waals surface area contributed by atoms with Gasteiger partial charge in [-0.1, -0.05) is 12.1 Å². The molecule has 7 nitrogen and oxygen atoms in total. The lowest BCUT2D eigenvalue weighted by atomic mass is 10.0. The van der Waals surface area contributed by atoms with E-state index in [-0.39, 0.29) is 22.6 Å². The Balaban J connectivity index is 2.52. The third-order valence-corrected chi connectivity index (χ3v) is 2.26. The van der Waals surface area contributed by atoms with Gasteiger partial charge in [0.15, 0.2) is 0 Å². The SMILES string of the molecule is Nc1[nH]ncc1C(=O)c1ccccc1[N+](=O)[O-]. The maximum Gasteiger partial charge on any atom is 0.280 e. The van der Waals surface area contributed by atoms with Gasteiger partial charge in [-0.15, -0.1) is 0 Å². The molecule has 0 bridgehead atoms. The van der Waals surface area contributed by atoms with Crippen LogP contribution in [0.15, 0.2) is 30.5 Å². The zero-order chi connectivity index (χ0) is 12.4. The monoisotopic (exact) mass is 232 g/mol. The van der Waals surface area contributed by atoms with Crippen LogP contribution in [0.2, 0.25) is 0 Å². The van der Waals surface area contributed by atoms with Crippen LogP contribution in [0.5, 0.6) is 0 Å². The lowest BCUT2D eigenvalue weighted by molar-refractivity contribution is -0.385. The topological polar surface area (TPSA) is 115 Å². The third-order valence-electron chi connectivity index (χ3n) is 2.26. The standard InChI is InChI=1S/C10H8N4O3/c11-10-7(5-12-13-10)9(15)6-3-1-2-4-8(6)14(16)17/h1-5H,(H3,11,12,13). The number of hydrogen-bond acceptors (Lipinski definition) is 5. The van der Waals surface area contributed by atoms with Crippen molar-refractivity contribution in [1.29, 1.82) is 0 Å². The lowest BCUT2D eigenvalue weighted by Gasteiger charge is -2.00. The smallest absolute Gasteiger partial charge is 0.280 e. The molecule has 86 valence electrons. The van der Waals surface area contributed by atoms with E-state index < -0.39 is 10.7 Å². The molecule has 0 aliphatic heterocycles. The van der Waals surface area contributed by atoms with Crippen LogP contribution in [0.1, 0.15) is 15.9 Å². The van der Waals surface area contributed by atoms with Gasteiger partial charge in [-0.05, 0) is 6.07 Å². The number of nitrogens with zero attached hydrogens (tertiary/aromatic N) is 2. The summed E-state index contributed by atoms with van der Waals surface area (Å²) in [7, 11) is 0. The quantitative estimate of drug-likeness (QED) is 0.467. The lowest BCUT2D eigenvalue weighted by Crippen LogP contribution is -2.06. The first kappa shape index (κ1) is 10.8. The van der Waals surface area contributed by atoms with Crippen molar-refractivity contribution >= 4 is 17.3 Å². The average Bonchev–Trinajstić information content (AvgIpc) is 2.74. The normalized spacial score (nSPS) is 10.1. The zero-order valence-electron chi connectivity index (χ0n) is 8.58. The van der Waals surface area contributed by atoms with Gasteiger partial charge in [0.1, 0.15) is 11.4 Å². The number of nitro groups is 1. The predicted molar refractivity (Wildman–Crippen MR) is 59.5 cm³/mol. The van der Waals surface area contributed by atoms with Crippen LogP contribution in [0.25, 0.3) is 0 Å². The highest BCUT2D eigenvalue weighted by molar-refractivity contribution is 6.13. The number of hydrogen-bond donors (Lipinski definition) is 2. The molecule has 0 spiro atoms. The summed E-state index contributed by atoms with van der Waals surface area (Å²) in [6.45, 7) is 0. The first-order valence-corrected chi connectivity index (χ1v) is 4.68. The third kappa shape index (κ3) is 1.85. The minimum Gasteiger partial charge on any atom is -0.383 e. The first-order chi connectivity index (χ1) is 8.11. The second-order valence-electron chi connectivity index (χ2n) is 3.30. The highest BCUT2D eigenvalue weighted by Crippen LogP contribution is 2.22. The molecule has 0 saturated carbocycles. The number of rotatable bonds is 3. The van der Waals surface area contributed by atoms with E-state index in [1.54, 1.807) is 6.07 Å². The number of para-hydroxylation sites is 1. The molecule has 1 heterocycles. The number of nitrogens with one attached hydrogen (secondary N) is 1. The number of anilines is 1. The van der Waals surface area contributed by atoms with Crippen molar-refractivity contribution in [2.24, 2.45) is 0 Å². The Morgan fingerprint density at radius 1 is 1.35 bits per heavy atom. The number of benzene rings is 1. The summed E-state index contributed by atoms with van der Waals surface area (Å²) in [6.07, 6.45) is 1.24. The summed E-state index contributed by atoms with van der Waals surface area (Å²) in [6, 6.07) is 5.69. The van der Waals surface area contributed by atoms with Crippen molar-refractivity contribution in [2.45, 2.75) is 0 Å². The van der Waals surface area contributed by atoms with E-state index in [2.05, 4.69) is 10.2 Å². The molecule has 0 aliphatic rings. The maximum absolute atomic E-state index is 12.0. The maximum atomic E-state index is 12.0. The molecule has 0 radical (unpaired) electrons. The van der Waals surface area contributed by atoms with Crippen LogP contribution in [-0.2, 0) is 0 Å². The number of nitrogens with two attached hydrogens (primary N) is 1. The van der Waals surface area contributed by atoms with E-state index in [9.17, 15) is 14.9 Å². The Hall–Kier alpha value is -2.70. The fraction of sp³-hybridized carbons (Fsp3) is 0.